The maximum absolute atomic E-state index is 5.62. The Labute approximate surface area is 173 Å². The molecule has 1 fully saturated rings. The number of nitrogens with zero attached hydrogens (tertiary/aromatic N) is 4. The number of morpholine rings is 1. The van der Waals surface area contributed by atoms with Gasteiger partial charge in [0.25, 0.3) is 0 Å². The Bertz CT molecular complexity index is 939. The van der Waals surface area contributed by atoms with Crippen LogP contribution in [-0.4, -0.2) is 65.8 Å². The molecule has 5 N–H and O–H groups in total. The third kappa shape index (κ3) is 4.55. The van der Waals surface area contributed by atoms with Gasteiger partial charge in [-0.05, 0) is 43.5 Å². The van der Waals surface area contributed by atoms with E-state index in [0.717, 1.165) is 61.2 Å². The molecule has 0 spiro atoms. The molecule has 10 heteroatoms. The smallest absolute Gasteiger partial charge is 0.231 e. The maximum atomic E-state index is 5.62. The van der Waals surface area contributed by atoms with Gasteiger partial charge in [0.2, 0.25) is 5.95 Å². The van der Waals surface area contributed by atoms with Crippen LogP contribution < -0.4 is 21.3 Å². The van der Waals surface area contributed by atoms with Crippen molar-refractivity contribution in [3.8, 4) is 0 Å². The van der Waals surface area contributed by atoms with Crippen molar-refractivity contribution in [1.82, 2.24) is 20.2 Å². The van der Waals surface area contributed by atoms with Crippen molar-refractivity contribution in [2.45, 2.75) is 11.4 Å². The Hall–Kier alpha value is -2.56. The number of hydrogen-bond acceptors (Lipinski definition) is 9. The van der Waals surface area contributed by atoms with Gasteiger partial charge < -0.3 is 26.0 Å². The summed E-state index contributed by atoms with van der Waals surface area (Å²) < 4.78 is 5.42. The van der Waals surface area contributed by atoms with Crippen molar-refractivity contribution < 1.29 is 4.74 Å². The SMILES string of the molecule is CSc1n[nH]c2nc(Nc3ccc(N4CCOCC4)cc3)nc(NCCCN)c12. The second-order valence-corrected chi connectivity index (χ2v) is 7.49. The number of nitrogens with one attached hydrogen (secondary N) is 3. The third-order valence-corrected chi connectivity index (χ3v) is 5.43. The number of anilines is 4. The predicted molar refractivity (Wildman–Crippen MR) is 118 cm³/mol. The molecule has 0 atom stereocenters. The molecule has 1 saturated heterocycles. The van der Waals surface area contributed by atoms with Crippen LogP contribution in [0.3, 0.4) is 0 Å². The zero-order chi connectivity index (χ0) is 20.1. The molecule has 0 saturated carbocycles. The fraction of sp³-hybridized carbons (Fsp3) is 0.421. The quantitative estimate of drug-likeness (QED) is 0.326. The Morgan fingerprint density at radius 1 is 1.21 bits per heavy atom. The van der Waals surface area contributed by atoms with Crippen molar-refractivity contribution in [2.24, 2.45) is 5.73 Å². The maximum Gasteiger partial charge on any atom is 0.231 e. The Balaban J connectivity index is 1.55. The lowest BCUT2D eigenvalue weighted by atomic mass is 10.2. The summed E-state index contributed by atoms with van der Waals surface area (Å²) >= 11 is 1.56. The van der Waals surface area contributed by atoms with Gasteiger partial charge >= 0.3 is 0 Å². The first kappa shape index (κ1) is 19.7. The topological polar surface area (TPSA) is 117 Å². The first-order valence-corrected chi connectivity index (χ1v) is 10.9. The summed E-state index contributed by atoms with van der Waals surface area (Å²) in [6.07, 6.45) is 2.85. The molecular weight excluding hydrogens is 388 g/mol. The fourth-order valence-corrected chi connectivity index (χ4v) is 3.78. The number of hydrogen-bond donors (Lipinski definition) is 4. The summed E-state index contributed by atoms with van der Waals surface area (Å²) in [5, 5.41) is 15.8. The number of fused-ring (bicyclic) bond motifs is 1. The summed E-state index contributed by atoms with van der Waals surface area (Å²) in [5.41, 5.74) is 8.44. The minimum Gasteiger partial charge on any atom is -0.378 e. The van der Waals surface area contributed by atoms with E-state index in [0.29, 0.717) is 18.1 Å². The van der Waals surface area contributed by atoms with Crippen molar-refractivity contribution in [3.05, 3.63) is 24.3 Å². The van der Waals surface area contributed by atoms with E-state index in [1.807, 2.05) is 18.4 Å². The van der Waals surface area contributed by atoms with Crippen LogP contribution in [0.5, 0.6) is 0 Å². The predicted octanol–water partition coefficient (Wildman–Crippen LogP) is 2.42. The van der Waals surface area contributed by atoms with Crippen LogP contribution in [-0.2, 0) is 4.74 Å². The normalized spacial score (nSPS) is 14.3. The number of aromatic amines is 1. The van der Waals surface area contributed by atoms with Crippen LogP contribution in [0.2, 0.25) is 0 Å². The van der Waals surface area contributed by atoms with E-state index in [-0.39, 0.29) is 0 Å². The second-order valence-electron chi connectivity index (χ2n) is 6.69. The molecule has 154 valence electrons. The van der Waals surface area contributed by atoms with E-state index < -0.39 is 0 Å². The van der Waals surface area contributed by atoms with E-state index >= 15 is 0 Å². The van der Waals surface area contributed by atoms with Crippen LogP contribution in [0.4, 0.5) is 23.1 Å². The molecule has 3 heterocycles. The highest BCUT2D eigenvalue weighted by molar-refractivity contribution is 7.98. The fourth-order valence-electron chi connectivity index (χ4n) is 3.25. The highest BCUT2D eigenvalue weighted by atomic mass is 32.2. The number of H-pyrrole nitrogens is 1. The summed E-state index contributed by atoms with van der Waals surface area (Å²) in [4.78, 5) is 11.6. The van der Waals surface area contributed by atoms with E-state index in [2.05, 4.69) is 47.8 Å². The summed E-state index contributed by atoms with van der Waals surface area (Å²) in [6.45, 7) is 4.76. The van der Waals surface area contributed by atoms with E-state index in [1.165, 1.54) is 5.69 Å². The van der Waals surface area contributed by atoms with Crippen molar-refractivity contribution in [2.75, 3.05) is 61.2 Å². The summed E-state index contributed by atoms with van der Waals surface area (Å²) in [7, 11) is 0. The Kier molecular flexibility index (Phi) is 6.33. The standard InChI is InChI=1S/C19H26N8OS/c1-29-18-15-16(21-8-2-7-20)23-19(24-17(15)25-26-18)22-13-3-5-14(6-4-13)27-9-11-28-12-10-27/h3-6H,2,7-12,20H2,1H3,(H3,21,22,23,24,25,26). The van der Waals surface area contributed by atoms with Crippen LogP contribution in [0.15, 0.2) is 29.3 Å². The number of ether oxygens (including phenoxy) is 1. The van der Waals surface area contributed by atoms with Crippen LogP contribution >= 0.6 is 11.8 Å². The molecule has 2 aromatic heterocycles. The lowest BCUT2D eigenvalue weighted by molar-refractivity contribution is 0.122. The van der Waals surface area contributed by atoms with Crippen LogP contribution in [0, 0.1) is 0 Å². The van der Waals surface area contributed by atoms with Crippen LogP contribution in [0.1, 0.15) is 6.42 Å². The lowest BCUT2D eigenvalue weighted by Gasteiger charge is -2.28. The zero-order valence-corrected chi connectivity index (χ0v) is 17.3. The highest BCUT2D eigenvalue weighted by Gasteiger charge is 2.15. The van der Waals surface area contributed by atoms with Gasteiger partial charge in [-0.25, -0.2) is 0 Å². The third-order valence-electron chi connectivity index (χ3n) is 4.75. The molecule has 0 radical (unpaired) electrons. The Morgan fingerprint density at radius 3 is 2.72 bits per heavy atom. The molecule has 0 unspecified atom stereocenters. The Morgan fingerprint density at radius 2 is 2.00 bits per heavy atom. The van der Waals surface area contributed by atoms with E-state index in [4.69, 9.17) is 10.5 Å². The van der Waals surface area contributed by atoms with E-state index in [9.17, 15) is 0 Å². The molecule has 29 heavy (non-hydrogen) atoms. The van der Waals surface area contributed by atoms with Gasteiger partial charge in [0, 0.05) is 31.0 Å². The van der Waals surface area contributed by atoms with Gasteiger partial charge in [0.05, 0.1) is 18.6 Å². The van der Waals surface area contributed by atoms with Crippen molar-refractivity contribution >= 4 is 45.9 Å². The monoisotopic (exact) mass is 414 g/mol. The highest BCUT2D eigenvalue weighted by Crippen LogP contribution is 2.30. The average molecular weight is 415 g/mol. The van der Waals surface area contributed by atoms with Crippen LogP contribution in [0.25, 0.3) is 11.0 Å². The van der Waals surface area contributed by atoms with Gasteiger partial charge in [0.15, 0.2) is 5.65 Å². The molecular formula is C19H26N8OS. The van der Waals surface area contributed by atoms with E-state index in [1.54, 1.807) is 11.8 Å². The molecule has 0 amide bonds. The van der Waals surface area contributed by atoms with Crippen molar-refractivity contribution in [3.63, 3.8) is 0 Å². The lowest BCUT2D eigenvalue weighted by Crippen LogP contribution is -2.36. The minimum atomic E-state index is 0.517. The van der Waals surface area contributed by atoms with Gasteiger partial charge in [-0.3, -0.25) is 5.10 Å². The number of rotatable bonds is 8. The first-order chi connectivity index (χ1) is 14.3. The number of thioether (sulfide) groups is 1. The molecule has 0 bridgehead atoms. The molecule has 9 nitrogen and oxygen atoms in total. The van der Waals surface area contributed by atoms with Gasteiger partial charge in [-0.1, -0.05) is 0 Å². The zero-order valence-electron chi connectivity index (χ0n) is 16.4. The number of nitrogens with two attached hydrogens (primary N) is 1. The molecule has 1 aromatic carbocycles. The molecule has 3 aromatic rings. The summed E-state index contributed by atoms with van der Waals surface area (Å²) in [5.74, 6) is 1.28. The van der Waals surface area contributed by atoms with Gasteiger partial charge in [-0.2, -0.15) is 15.1 Å². The summed E-state index contributed by atoms with van der Waals surface area (Å²) in [6, 6.07) is 8.30. The average Bonchev–Trinajstić information content (AvgIpc) is 3.18. The molecule has 1 aliphatic rings. The van der Waals surface area contributed by atoms with Gasteiger partial charge in [0.1, 0.15) is 10.8 Å². The number of aromatic nitrogens is 4. The molecule has 4 rings (SSSR count). The first-order valence-electron chi connectivity index (χ1n) is 9.72. The molecule has 1 aliphatic heterocycles. The number of benzene rings is 1. The minimum absolute atomic E-state index is 0.517. The largest absolute Gasteiger partial charge is 0.378 e. The molecule has 0 aliphatic carbocycles. The van der Waals surface area contributed by atoms with Gasteiger partial charge in [-0.15, -0.1) is 11.8 Å². The second kappa shape index (κ2) is 9.29. The van der Waals surface area contributed by atoms with Crippen molar-refractivity contribution in [1.29, 1.82) is 0 Å².